The Morgan fingerprint density at radius 2 is 1.77 bits per heavy atom. The number of rotatable bonds is 3. The van der Waals surface area contributed by atoms with Crippen LogP contribution in [0.2, 0.25) is 5.02 Å². The Morgan fingerprint density at radius 3 is 2.43 bits per heavy atom. The first kappa shape index (κ1) is 23.7. The first-order valence-electron chi connectivity index (χ1n) is 11.9. The lowest BCUT2D eigenvalue weighted by Gasteiger charge is -2.52. The molecule has 0 N–H and O–H groups in total. The molecule has 1 unspecified atom stereocenters. The van der Waals surface area contributed by atoms with E-state index in [0.717, 1.165) is 33.2 Å². The molecule has 5 nitrogen and oxygen atoms in total. The van der Waals surface area contributed by atoms with Crippen molar-refractivity contribution in [2.45, 2.75) is 45.1 Å². The van der Waals surface area contributed by atoms with Crippen molar-refractivity contribution in [2.75, 3.05) is 20.2 Å². The zero-order valence-electron chi connectivity index (χ0n) is 20.6. The molecule has 1 amide bonds. The van der Waals surface area contributed by atoms with Gasteiger partial charge in [-0.3, -0.25) is 4.79 Å². The molecular weight excluding hydrogens is 462 g/mol. The lowest BCUT2D eigenvalue weighted by Crippen LogP contribution is -2.65. The summed E-state index contributed by atoms with van der Waals surface area (Å²) in [6.07, 6.45) is 0.851. The molecule has 3 aromatic rings. The second kappa shape index (κ2) is 8.56. The van der Waals surface area contributed by atoms with E-state index in [1.54, 1.807) is 12.0 Å². The highest BCUT2D eigenvalue weighted by atomic mass is 35.5. The topological polar surface area (TPSA) is 55.8 Å². The number of Topliss-reactive ketones (excluding diaryl/α,β-unsaturated/α-hetero) is 1. The van der Waals surface area contributed by atoms with Gasteiger partial charge in [-0.05, 0) is 85.3 Å². The molecule has 0 aromatic heterocycles. The molecule has 182 valence electrons. The standard InChI is InChI=1S/C29H30ClNO4/c1-28(2,3)35-27(33)31-16-29(17-31)15-21-12-20-13-22(30)8-7-19(20)14-24(21)25(26(29)32)11-18-5-9-23(34-4)10-6-18/h5-10,12-14,25H,11,15-17H2,1-4H3. The highest BCUT2D eigenvalue weighted by molar-refractivity contribution is 6.31. The molecule has 2 aliphatic rings. The van der Waals surface area contributed by atoms with Gasteiger partial charge in [0.1, 0.15) is 11.4 Å². The van der Waals surface area contributed by atoms with E-state index >= 15 is 0 Å². The van der Waals surface area contributed by atoms with E-state index in [9.17, 15) is 9.59 Å². The third-order valence-electron chi connectivity index (χ3n) is 7.04. The third-order valence-corrected chi connectivity index (χ3v) is 7.28. The van der Waals surface area contributed by atoms with Crippen molar-refractivity contribution in [1.29, 1.82) is 0 Å². The summed E-state index contributed by atoms with van der Waals surface area (Å²) in [5.41, 5.74) is 2.14. The second-order valence-electron chi connectivity index (χ2n) is 10.8. The van der Waals surface area contributed by atoms with Gasteiger partial charge in [-0.1, -0.05) is 41.9 Å². The quantitative estimate of drug-likeness (QED) is 0.438. The Morgan fingerprint density at radius 1 is 1.06 bits per heavy atom. The summed E-state index contributed by atoms with van der Waals surface area (Å²) < 4.78 is 10.8. The van der Waals surface area contributed by atoms with E-state index in [4.69, 9.17) is 21.1 Å². The number of nitrogens with zero attached hydrogens (tertiary/aromatic N) is 1. The van der Waals surface area contributed by atoms with Crippen molar-refractivity contribution < 1.29 is 19.1 Å². The number of hydrogen-bond donors (Lipinski definition) is 0. The molecule has 3 aromatic carbocycles. The van der Waals surface area contributed by atoms with Crippen LogP contribution in [0.1, 0.15) is 43.4 Å². The number of benzene rings is 3. The predicted octanol–water partition coefficient (Wildman–Crippen LogP) is 6.19. The van der Waals surface area contributed by atoms with Gasteiger partial charge in [-0.15, -0.1) is 0 Å². The molecule has 1 aliphatic carbocycles. The minimum atomic E-state index is -0.590. The fourth-order valence-corrected chi connectivity index (χ4v) is 5.56. The normalized spacial score (nSPS) is 18.8. The molecular formula is C29H30ClNO4. The molecule has 0 bridgehead atoms. The maximum absolute atomic E-state index is 14.0. The predicted molar refractivity (Wildman–Crippen MR) is 137 cm³/mol. The molecule has 35 heavy (non-hydrogen) atoms. The van der Waals surface area contributed by atoms with Crippen LogP contribution in [-0.4, -0.2) is 42.6 Å². The van der Waals surface area contributed by atoms with Gasteiger partial charge in [-0.25, -0.2) is 4.79 Å². The molecule has 0 radical (unpaired) electrons. The number of ether oxygens (including phenoxy) is 2. The van der Waals surface area contributed by atoms with Crippen molar-refractivity contribution in [1.82, 2.24) is 4.90 Å². The van der Waals surface area contributed by atoms with Crippen LogP contribution >= 0.6 is 11.6 Å². The number of hydrogen-bond acceptors (Lipinski definition) is 4. The van der Waals surface area contributed by atoms with E-state index in [1.807, 2.05) is 63.2 Å². The van der Waals surface area contributed by atoms with Crippen molar-refractivity contribution in [2.24, 2.45) is 5.41 Å². The van der Waals surface area contributed by atoms with Crippen LogP contribution in [0, 0.1) is 5.41 Å². The first-order chi connectivity index (χ1) is 16.6. The van der Waals surface area contributed by atoms with E-state index in [0.29, 0.717) is 31.0 Å². The van der Waals surface area contributed by atoms with Crippen LogP contribution in [0.3, 0.4) is 0 Å². The van der Waals surface area contributed by atoms with Gasteiger partial charge in [0.15, 0.2) is 5.78 Å². The number of carbonyl (C=O) groups is 2. The van der Waals surface area contributed by atoms with E-state index in [-0.39, 0.29) is 17.8 Å². The average Bonchev–Trinajstić information content (AvgIpc) is 2.77. The molecule has 1 aliphatic heterocycles. The van der Waals surface area contributed by atoms with Crippen molar-refractivity contribution >= 4 is 34.2 Å². The van der Waals surface area contributed by atoms with Crippen LogP contribution in [0.15, 0.2) is 54.6 Å². The van der Waals surface area contributed by atoms with Gasteiger partial charge in [0, 0.05) is 24.0 Å². The zero-order valence-corrected chi connectivity index (χ0v) is 21.3. The summed E-state index contributed by atoms with van der Waals surface area (Å²) in [7, 11) is 1.64. The van der Waals surface area contributed by atoms with Crippen LogP contribution in [0.4, 0.5) is 4.79 Å². The Balaban J connectivity index is 1.50. The maximum atomic E-state index is 14.0. The lowest BCUT2D eigenvalue weighted by molar-refractivity contribution is -0.141. The lowest BCUT2D eigenvalue weighted by atomic mass is 9.61. The van der Waals surface area contributed by atoms with Crippen LogP contribution < -0.4 is 4.74 Å². The highest BCUT2D eigenvalue weighted by Gasteiger charge is 2.56. The van der Waals surface area contributed by atoms with Crippen LogP contribution in [0.25, 0.3) is 10.8 Å². The molecule has 1 saturated heterocycles. The number of amides is 1. The third kappa shape index (κ3) is 4.50. The molecule has 0 saturated carbocycles. The van der Waals surface area contributed by atoms with Crippen molar-refractivity contribution in [3.05, 3.63) is 76.3 Å². The zero-order chi connectivity index (χ0) is 25.0. The minimum Gasteiger partial charge on any atom is -0.497 e. The largest absolute Gasteiger partial charge is 0.497 e. The summed E-state index contributed by atoms with van der Waals surface area (Å²) in [5, 5.41) is 2.82. The summed E-state index contributed by atoms with van der Waals surface area (Å²) in [4.78, 5) is 28.3. The van der Waals surface area contributed by atoms with E-state index < -0.39 is 11.0 Å². The fourth-order valence-electron chi connectivity index (χ4n) is 5.38. The Kier molecular flexibility index (Phi) is 5.79. The van der Waals surface area contributed by atoms with Crippen molar-refractivity contribution in [3.63, 3.8) is 0 Å². The van der Waals surface area contributed by atoms with Gasteiger partial charge in [0.25, 0.3) is 0 Å². The fraction of sp³-hybridized carbons (Fsp3) is 0.379. The van der Waals surface area contributed by atoms with Crippen molar-refractivity contribution in [3.8, 4) is 5.75 Å². The highest BCUT2D eigenvalue weighted by Crippen LogP contribution is 2.47. The minimum absolute atomic E-state index is 0.203. The number of methoxy groups -OCH3 is 1. The SMILES string of the molecule is COc1ccc(CC2C(=O)C3(Cc4cc5cc(Cl)ccc5cc42)CN(C(=O)OC(C)(C)C)C3)cc1. The average molecular weight is 492 g/mol. The van der Waals surface area contributed by atoms with Gasteiger partial charge in [-0.2, -0.15) is 0 Å². The van der Waals surface area contributed by atoms with Crippen LogP contribution in [-0.2, 0) is 22.4 Å². The van der Waals surface area contributed by atoms with Gasteiger partial charge in [0.2, 0.25) is 0 Å². The second-order valence-corrected chi connectivity index (χ2v) is 11.2. The van der Waals surface area contributed by atoms with Gasteiger partial charge in [0.05, 0.1) is 12.5 Å². The molecule has 6 heteroatoms. The molecule has 1 spiro atoms. The number of carbonyl (C=O) groups excluding carboxylic acids is 2. The van der Waals surface area contributed by atoms with Gasteiger partial charge >= 0.3 is 6.09 Å². The maximum Gasteiger partial charge on any atom is 0.410 e. The molecule has 1 fully saturated rings. The monoisotopic (exact) mass is 491 g/mol. The summed E-state index contributed by atoms with van der Waals surface area (Å²) in [6.45, 7) is 6.32. The molecule has 1 atom stereocenters. The summed E-state index contributed by atoms with van der Waals surface area (Å²) in [6, 6.07) is 18.0. The first-order valence-corrected chi connectivity index (χ1v) is 12.3. The Bertz CT molecular complexity index is 1300. The van der Waals surface area contributed by atoms with E-state index in [2.05, 4.69) is 12.1 Å². The molecule has 5 rings (SSSR count). The number of fused-ring (bicyclic) bond motifs is 2. The Hall–Kier alpha value is -3.05. The van der Waals surface area contributed by atoms with Gasteiger partial charge < -0.3 is 14.4 Å². The van der Waals surface area contributed by atoms with Crippen LogP contribution in [0.5, 0.6) is 5.75 Å². The Labute approximate surface area is 211 Å². The number of halogens is 1. The summed E-state index contributed by atoms with van der Waals surface area (Å²) >= 11 is 6.26. The number of ketones is 1. The number of likely N-dealkylation sites (tertiary alicyclic amines) is 1. The van der Waals surface area contributed by atoms with E-state index in [1.165, 1.54) is 0 Å². The summed E-state index contributed by atoms with van der Waals surface area (Å²) in [5.74, 6) is 0.706. The smallest absolute Gasteiger partial charge is 0.410 e. The molecule has 1 heterocycles.